The zero-order chi connectivity index (χ0) is 15.0. The van der Waals surface area contributed by atoms with Gasteiger partial charge in [0.25, 0.3) is 0 Å². The molecule has 5 nitrogen and oxygen atoms in total. The zero-order valence-electron chi connectivity index (χ0n) is 11.8. The van der Waals surface area contributed by atoms with E-state index in [0.29, 0.717) is 19.1 Å². The van der Waals surface area contributed by atoms with Crippen LogP contribution < -0.4 is 15.2 Å². The normalized spacial score (nSPS) is 10.3. The van der Waals surface area contributed by atoms with Gasteiger partial charge in [0, 0.05) is 12.4 Å². The zero-order valence-corrected chi connectivity index (χ0v) is 11.8. The van der Waals surface area contributed by atoms with Crippen molar-refractivity contribution in [1.29, 1.82) is 0 Å². The van der Waals surface area contributed by atoms with Gasteiger partial charge in [0.15, 0.2) is 0 Å². The minimum Gasteiger partial charge on any atom is -0.550 e. The molecule has 1 aromatic rings. The first-order chi connectivity index (χ1) is 9.49. The smallest absolute Gasteiger partial charge is 0.220 e. The highest BCUT2D eigenvalue weighted by Gasteiger charge is 2.02. The second-order valence-electron chi connectivity index (χ2n) is 4.79. The molecule has 0 aromatic heterocycles. The molecule has 5 heteroatoms. The summed E-state index contributed by atoms with van der Waals surface area (Å²) in [7, 11) is 0. The number of benzene rings is 1. The van der Waals surface area contributed by atoms with E-state index in [1.807, 2.05) is 24.3 Å². The van der Waals surface area contributed by atoms with Crippen molar-refractivity contribution in [3.05, 3.63) is 29.8 Å². The van der Waals surface area contributed by atoms with Crippen molar-refractivity contribution in [3.8, 4) is 5.75 Å². The molecule has 0 aliphatic carbocycles. The quantitative estimate of drug-likeness (QED) is 0.715. The number of ether oxygens (including phenoxy) is 1. The van der Waals surface area contributed by atoms with Crippen molar-refractivity contribution >= 4 is 11.9 Å². The van der Waals surface area contributed by atoms with E-state index in [9.17, 15) is 14.7 Å². The Morgan fingerprint density at radius 1 is 1.20 bits per heavy atom. The van der Waals surface area contributed by atoms with Gasteiger partial charge in [-0.25, -0.2) is 0 Å². The Bertz CT molecular complexity index is 440. The van der Waals surface area contributed by atoms with Crippen LogP contribution in [0.15, 0.2) is 24.3 Å². The van der Waals surface area contributed by atoms with Gasteiger partial charge in [-0.05, 0) is 30.0 Å². The van der Waals surface area contributed by atoms with Gasteiger partial charge in [-0.1, -0.05) is 26.0 Å². The van der Waals surface area contributed by atoms with Crippen LogP contribution in [0.2, 0.25) is 0 Å². The number of rotatable bonds is 8. The van der Waals surface area contributed by atoms with Crippen molar-refractivity contribution in [1.82, 2.24) is 5.32 Å². The van der Waals surface area contributed by atoms with Crippen LogP contribution in [0.3, 0.4) is 0 Å². The first-order valence-corrected chi connectivity index (χ1v) is 6.68. The van der Waals surface area contributed by atoms with Gasteiger partial charge in [0.05, 0.1) is 6.54 Å². The Balaban J connectivity index is 2.20. The van der Waals surface area contributed by atoms with Gasteiger partial charge in [-0.3, -0.25) is 4.79 Å². The average molecular weight is 278 g/mol. The van der Waals surface area contributed by atoms with Crippen LogP contribution in [0.4, 0.5) is 0 Å². The monoisotopic (exact) mass is 278 g/mol. The number of nitrogens with one attached hydrogen (secondary N) is 1. The van der Waals surface area contributed by atoms with Gasteiger partial charge in [0.1, 0.15) is 12.4 Å². The summed E-state index contributed by atoms with van der Waals surface area (Å²) in [4.78, 5) is 21.4. The summed E-state index contributed by atoms with van der Waals surface area (Å²) in [6.07, 6.45) is -0.325. The van der Waals surface area contributed by atoms with Crippen LogP contribution >= 0.6 is 0 Å². The lowest BCUT2D eigenvalue weighted by molar-refractivity contribution is -0.305. The standard InChI is InChI=1S/C15H21NO4/c1-11(2)12-3-5-13(6-4-12)20-10-9-16-14(17)7-8-15(18)19/h3-6,11H,7-10H2,1-2H3,(H,16,17)(H,18,19)/p-1. The number of hydrogen-bond acceptors (Lipinski definition) is 4. The summed E-state index contributed by atoms with van der Waals surface area (Å²) in [6, 6.07) is 7.82. The third kappa shape index (κ3) is 6.22. The molecule has 1 rings (SSSR count). The minimum atomic E-state index is -1.22. The molecule has 0 spiro atoms. The fourth-order valence-electron chi connectivity index (χ4n) is 1.61. The van der Waals surface area contributed by atoms with E-state index in [0.717, 1.165) is 5.75 Å². The number of carboxylic acids is 1. The average Bonchev–Trinajstić information content (AvgIpc) is 2.42. The highest BCUT2D eigenvalue weighted by Crippen LogP contribution is 2.18. The highest BCUT2D eigenvalue weighted by molar-refractivity contribution is 5.79. The predicted octanol–water partition coefficient (Wildman–Crippen LogP) is 0.835. The number of amides is 1. The Morgan fingerprint density at radius 3 is 2.40 bits per heavy atom. The summed E-state index contributed by atoms with van der Waals surface area (Å²) >= 11 is 0. The molecule has 110 valence electrons. The Labute approximate surface area is 118 Å². The number of carbonyl (C=O) groups is 2. The molecule has 1 N–H and O–H groups in total. The molecular formula is C15H20NO4-. The van der Waals surface area contributed by atoms with Crippen LogP contribution in [0.25, 0.3) is 0 Å². The van der Waals surface area contributed by atoms with Crippen molar-refractivity contribution < 1.29 is 19.4 Å². The van der Waals surface area contributed by atoms with Gasteiger partial charge in [-0.2, -0.15) is 0 Å². The molecule has 0 atom stereocenters. The fourth-order valence-corrected chi connectivity index (χ4v) is 1.61. The number of carbonyl (C=O) groups excluding carboxylic acids is 2. The second-order valence-corrected chi connectivity index (χ2v) is 4.79. The molecule has 0 unspecified atom stereocenters. The Hall–Kier alpha value is -2.04. The SMILES string of the molecule is CC(C)c1ccc(OCCNC(=O)CCC(=O)[O-])cc1. The molecule has 0 heterocycles. The van der Waals surface area contributed by atoms with E-state index in [1.165, 1.54) is 5.56 Å². The lowest BCUT2D eigenvalue weighted by Gasteiger charge is -2.10. The van der Waals surface area contributed by atoms with Crippen LogP contribution in [0.5, 0.6) is 5.75 Å². The number of aliphatic carboxylic acids is 1. The minimum absolute atomic E-state index is 0.0641. The van der Waals surface area contributed by atoms with Crippen molar-refractivity contribution in [3.63, 3.8) is 0 Å². The van der Waals surface area contributed by atoms with Gasteiger partial charge in [-0.15, -0.1) is 0 Å². The van der Waals surface area contributed by atoms with Crippen molar-refractivity contribution in [2.75, 3.05) is 13.2 Å². The molecule has 0 fully saturated rings. The number of hydrogen-bond donors (Lipinski definition) is 1. The lowest BCUT2D eigenvalue weighted by Crippen LogP contribution is -2.30. The van der Waals surface area contributed by atoms with E-state index in [1.54, 1.807) is 0 Å². The van der Waals surface area contributed by atoms with Crippen molar-refractivity contribution in [2.45, 2.75) is 32.6 Å². The number of carboxylic acid groups (broad SMARTS) is 1. The lowest BCUT2D eigenvalue weighted by atomic mass is 10.0. The summed E-state index contributed by atoms with van der Waals surface area (Å²) < 4.78 is 5.47. The molecule has 0 saturated heterocycles. The second kappa shape index (κ2) is 8.19. The van der Waals surface area contributed by atoms with E-state index in [-0.39, 0.29) is 18.7 Å². The van der Waals surface area contributed by atoms with Crippen LogP contribution in [-0.2, 0) is 9.59 Å². The van der Waals surface area contributed by atoms with E-state index in [4.69, 9.17) is 4.74 Å². The third-order valence-electron chi connectivity index (χ3n) is 2.80. The van der Waals surface area contributed by atoms with Gasteiger partial charge >= 0.3 is 0 Å². The fraction of sp³-hybridized carbons (Fsp3) is 0.467. The molecule has 0 aliphatic heterocycles. The highest BCUT2D eigenvalue weighted by atomic mass is 16.5. The first kappa shape index (κ1) is 16.0. The van der Waals surface area contributed by atoms with Crippen LogP contribution in [0.1, 0.15) is 38.2 Å². The maximum absolute atomic E-state index is 11.2. The maximum Gasteiger partial charge on any atom is 0.220 e. The molecule has 0 bridgehead atoms. The molecular weight excluding hydrogens is 258 g/mol. The van der Waals surface area contributed by atoms with E-state index < -0.39 is 5.97 Å². The van der Waals surface area contributed by atoms with Gasteiger partial charge in [0.2, 0.25) is 5.91 Å². The molecule has 0 radical (unpaired) electrons. The topological polar surface area (TPSA) is 78.5 Å². The van der Waals surface area contributed by atoms with Crippen molar-refractivity contribution in [2.24, 2.45) is 0 Å². The van der Waals surface area contributed by atoms with Crippen LogP contribution in [-0.4, -0.2) is 25.0 Å². The first-order valence-electron chi connectivity index (χ1n) is 6.68. The summed E-state index contributed by atoms with van der Waals surface area (Å²) in [5.41, 5.74) is 1.24. The van der Waals surface area contributed by atoms with Crippen LogP contribution in [0, 0.1) is 0 Å². The predicted molar refractivity (Wildman–Crippen MR) is 73.3 cm³/mol. The Morgan fingerprint density at radius 2 is 1.85 bits per heavy atom. The molecule has 1 aromatic carbocycles. The van der Waals surface area contributed by atoms with E-state index >= 15 is 0 Å². The Kier molecular flexibility index (Phi) is 6.56. The van der Waals surface area contributed by atoms with E-state index in [2.05, 4.69) is 19.2 Å². The van der Waals surface area contributed by atoms with Gasteiger partial charge < -0.3 is 20.0 Å². The molecule has 20 heavy (non-hydrogen) atoms. The molecule has 1 amide bonds. The maximum atomic E-state index is 11.2. The summed E-state index contributed by atoms with van der Waals surface area (Å²) in [5, 5.41) is 12.8. The summed E-state index contributed by atoms with van der Waals surface area (Å²) in [5.74, 6) is -0.306. The molecule has 0 aliphatic rings. The molecule has 0 saturated carbocycles. The largest absolute Gasteiger partial charge is 0.550 e. The third-order valence-corrected chi connectivity index (χ3v) is 2.80. The summed E-state index contributed by atoms with van der Waals surface area (Å²) in [6.45, 7) is 4.94.